The molecule has 0 saturated carbocycles. The Bertz CT molecular complexity index is 619. The van der Waals surface area contributed by atoms with E-state index in [-0.39, 0.29) is 11.9 Å². The summed E-state index contributed by atoms with van der Waals surface area (Å²) in [4.78, 5) is 17.4. The van der Waals surface area contributed by atoms with Gasteiger partial charge in [-0.2, -0.15) is 5.10 Å². The fourth-order valence-electron chi connectivity index (χ4n) is 1.91. The van der Waals surface area contributed by atoms with Gasteiger partial charge in [-0.15, -0.1) is 11.3 Å². The lowest BCUT2D eigenvalue weighted by molar-refractivity contribution is 0.251. The summed E-state index contributed by atoms with van der Waals surface area (Å²) in [7, 11) is 1.82. The molecule has 2 N–H and O–H groups in total. The molecule has 0 bridgehead atoms. The molecule has 0 saturated heterocycles. The summed E-state index contributed by atoms with van der Waals surface area (Å²) < 4.78 is 1.67. The molecule has 7 heteroatoms. The van der Waals surface area contributed by atoms with Crippen LogP contribution in [0.2, 0.25) is 0 Å². The number of nitrogens with one attached hydrogen (secondary N) is 2. The summed E-state index contributed by atoms with van der Waals surface area (Å²) in [5.41, 5.74) is 0.958. The first-order chi connectivity index (χ1) is 9.99. The van der Waals surface area contributed by atoms with Crippen LogP contribution in [-0.2, 0) is 13.5 Å². The van der Waals surface area contributed by atoms with Gasteiger partial charge in [-0.05, 0) is 13.3 Å². The maximum Gasteiger partial charge on any atom is 0.320 e. The van der Waals surface area contributed by atoms with Gasteiger partial charge in [0.25, 0.3) is 0 Å². The second-order valence-corrected chi connectivity index (χ2v) is 6.31. The molecule has 114 valence electrons. The summed E-state index contributed by atoms with van der Waals surface area (Å²) in [6.07, 6.45) is 2.70. The van der Waals surface area contributed by atoms with Crippen LogP contribution < -0.4 is 10.6 Å². The van der Waals surface area contributed by atoms with Gasteiger partial charge in [-0.1, -0.05) is 13.8 Å². The molecule has 2 aromatic heterocycles. The molecule has 0 aliphatic carbocycles. The molecule has 2 heterocycles. The zero-order valence-corrected chi connectivity index (χ0v) is 13.6. The number of anilines is 1. The zero-order valence-electron chi connectivity index (χ0n) is 12.8. The van der Waals surface area contributed by atoms with E-state index in [1.54, 1.807) is 16.0 Å². The Labute approximate surface area is 128 Å². The molecular formula is C14H21N5OS. The Balaban J connectivity index is 1.85. The molecule has 6 nitrogen and oxygen atoms in total. The summed E-state index contributed by atoms with van der Waals surface area (Å²) in [6, 6.07) is 1.66. The van der Waals surface area contributed by atoms with E-state index in [1.165, 1.54) is 4.88 Å². The van der Waals surface area contributed by atoms with Gasteiger partial charge in [-0.3, -0.25) is 10.00 Å². The molecule has 0 aromatic carbocycles. The van der Waals surface area contributed by atoms with Gasteiger partial charge in [0.05, 0.1) is 10.7 Å². The average molecular weight is 307 g/mol. The minimum Gasteiger partial charge on any atom is -0.337 e. The van der Waals surface area contributed by atoms with Crippen LogP contribution in [0.1, 0.15) is 35.3 Å². The number of urea groups is 1. The molecule has 1 atom stereocenters. The zero-order chi connectivity index (χ0) is 15.4. The smallest absolute Gasteiger partial charge is 0.320 e. The van der Waals surface area contributed by atoms with Crippen molar-refractivity contribution in [3.05, 3.63) is 27.8 Å². The van der Waals surface area contributed by atoms with Crippen molar-refractivity contribution in [2.24, 2.45) is 7.05 Å². The van der Waals surface area contributed by atoms with Gasteiger partial charge in [0.1, 0.15) is 5.82 Å². The van der Waals surface area contributed by atoms with Gasteiger partial charge < -0.3 is 5.32 Å². The number of hydrogen-bond acceptors (Lipinski definition) is 4. The van der Waals surface area contributed by atoms with Crippen molar-refractivity contribution in [1.82, 2.24) is 20.1 Å². The van der Waals surface area contributed by atoms with Crippen molar-refractivity contribution >= 4 is 23.2 Å². The van der Waals surface area contributed by atoms with Crippen LogP contribution in [0, 0.1) is 6.92 Å². The Morgan fingerprint density at radius 1 is 1.52 bits per heavy atom. The molecule has 2 aromatic rings. The molecule has 0 unspecified atom stereocenters. The normalized spacial score (nSPS) is 12.2. The van der Waals surface area contributed by atoms with Crippen LogP contribution in [0.5, 0.6) is 0 Å². The SMILES string of the molecule is CCc1cc(NC(=O)NC[C@H](C)c2ncc(C)s2)n(C)n1. The molecule has 0 aliphatic rings. The lowest BCUT2D eigenvalue weighted by Gasteiger charge is -2.11. The maximum atomic E-state index is 11.9. The van der Waals surface area contributed by atoms with E-state index in [4.69, 9.17) is 0 Å². The molecule has 0 radical (unpaired) electrons. The highest BCUT2D eigenvalue weighted by molar-refractivity contribution is 7.11. The molecule has 0 aliphatic heterocycles. The lowest BCUT2D eigenvalue weighted by atomic mass is 10.2. The minimum atomic E-state index is -0.221. The third-order valence-corrected chi connectivity index (χ3v) is 4.31. The Hall–Kier alpha value is -1.89. The van der Waals surface area contributed by atoms with Crippen LogP contribution >= 0.6 is 11.3 Å². The number of carbonyl (C=O) groups is 1. The minimum absolute atomic E-state index is 0.201. The van der Waals surface area contributed by atoms with Crippen molar-refractivity contribution in [2.75, 3.05) is 11.9 Å². The number of thiazole rings is 1. The van der Waals surface area contributed by atoms with Crippen LogP contribution in [-0.4, -0.2) is 27.3 Å². The van der Waals surface area contributed by atoms with Crippen molar-refractivity contribution in [3.63, 3.8) is 0 Å². The van der Waals surface area contributed by atoms with Gasteiger partial charge in [0.15, 0.2) is 0 Å². The van der Waals surface area contributed by atoms with E-state index in [9.17, 15) is 4.79 Å². The monoisotopic (exact) mass is 307 g/mol. The van der Waals surface area contributed by atoms with Gasteiger partial charge in [0.2, 0.25) is 0 Å². The maximum absolute atomic E-state index is 11.9. The molecule has 0 spiro atoms. The predicted octanol–water partition coefficient (Wildman–Crippen LogP) is 2.67. The van der Waals surface area contributed by atoms with Crippen molar-refractivity contribution in [1.29, 1.82) is 0 Å². The van der Waals surface area contributed by atoms with E-state index in [2.05, 4.69) is 27.6 Å². The Morgan fingerprint density at radius 2 is 2.29 bits per heavy atom. The van der Waals surface area contributed by atoms with E-state index in [0.29, 0.717) is 12.4 Å². The standard InChI is InChI=1S/C14H21N5OS/c1-5-11-6-12(19(4)18-11)17-14(20)16-7-9(2)13-15-8-10(3)21-13/h6,8-9H,5,7H2,1-4H3,(H2,16,17,20)/t9-/m0/s1. The molecule has 2 rings (SSSR count). The summed E-state index contributed by atoms with van der Waals surface area (Å²) >= 11 is 1.66. The highest BCUT2D eigenvalue weighted by atomic mass is 32.1. The Kier molecular flexibility index (Phi) is 4.95. The third-order valence-electron chi connectivity index (χ3n) is 3.16. The number of amides is 2. The van der Waals surface area contributed by atoms with E-state index < -0.39 is 0 Å². The van der Waals surface area contributed by atoms with Gasteiger partial charge in [-0.25, -0.2) is 9.78 Å². The molecule has 0 fully saturated rings. The van der Waals surface area contributed by atoms with Crippen molar-refractivity contribution in [3.8, 4) is 0 Å². The van der Waals surface area contributed by atoms with E-state index in [1.807, 2.05) is 33.2 Å². The first kappa shape index (κ1) is 15.5. The largest absolute Gasteiger partial charge is 0.337 e. The number of aryl methyl sites for hydroxylation is 3. The van der Waals surface area contributed by atoms with Gasteiger partial charge >= 0.3 is 6.03 Å². The second kappa shape index (κ2) is 6.71. The third kappa shape index (κ3) is 4.04. The van der Waals surface area contributed by atoms with Crippen LogP contribution in [0.4, 0.5) is 10.6 Å². The number of rotatable bonds is 5. The van der Waals surface area contributed by atoms with Crippen molar-refractivity contribution in [2.45, 2.75) is 33.1 Å². The summed E-state index contributed by atoms with van der Waals surface area (Å²) in [6.45, 7) is 6.67. The fourth-order valence-corrected chi connectivity index (χ4v) is 2.74. The molecule has 21 heavy (non-hydrogen) atoms. The average Bonchev–Trinajstić information content (AvgIpc) is 3.03. The van der Waals surface area contributed by atoms with E-state index in [0.717, 1.165) is 17.1 Å². The first-order valence-electron chi connectivity index (χ1n) is 6.99. The highest BCUT2D eigenvalue weighted by Crippen LogP contribution is 2.20. The molecular weight excluding hydrogens is 286 g/mol. The summed E-state index contributed by atoms with van der Waals surface area (Å²) in [5.74, 6) is 0.897. The fraction of sp³-hybridized carbons (Fsp3) is 0.500. The lowest BCUT2D eigenvalue weighted by Crippen LogP contribution is -2.32. The number of hydrogen-bond donors (Lipinski definition) is 2. The molecule has 2 amide bonds. The highest BCUT2D eigenvalue weighted by Gasteiger charge is 2.12. The van der Waals surface area contributed by atoms with Crippen molar-refractivity contribution < 1.29 is 4.79 Å². The Morgan fingerprint density at radius 3 is 2.86 bits per heavy atom. The quantitative estimate of drug-likeness (QED) is 0.892. The topological polar surface area (TPSA) is 71.8 Å². The van der Waals surface area contributed by atoms with Crippen LogP contribution in [0.25, 0.3) is 0 Å². The van der Waals surface area contributed by atoms with Crippen LogP contribution in [0.15, 0.2) is 12.3 Å². The van der Waals surface area contributed by atoms with Crippen LogP contribution in [0.3, 0.4) is 0 Å². The predicted molar refractivity (Wildman–Crippen MR) is 84.9 cm³/mol. The van der Waals surface area contributed by atoms with E-state index >= 15 is 0 Å². The van der Waals surface area contributed by atoms with Gasteiger partial charge in [0, 0.05) is 36.7 Å². The number of aromatic nitrogens is 3. The number of nitrogens with zero attached hydrogens (tertiary/aromatic N) is 3. The second-order valence-electron chi connectivity index (χ2n) is 5.04. The summed E-state index contributed by atoms with van der Waals surface area (Å²) in [5, 5.41) is 11.0. The number of carbonyl (C=O) groups excluding carboxylic acids is 1. The first-order valence-corrected chi connectivity index (χ1v) is 7.81.